The first-order valence-electron chi connectivity index (χ1n) is 11.3. The van der Waals surface area contributed by atoms with Crippen LogP contribution in [0.4, 0.5) is 25.4 Å². The molecule has 0 aliphatic carbocycles. The number of fused-ring (bicyclic) bond motifs is 1. The summed E-state index contributed by atoms with van der Waals surface area (Å²) in [6.45, 7) is 2.23. The van der Waals surface area contributed by atoms with Gasteiger partial charge in [0.25, 0.3) is 11.1 Å². The molecule has 0 saturated carbocycles. The SMILES string of the molecule is O=C(S)NCC1CN(c2ccc(N3CCN(C(=O)c4cc5ccccc5[nH]4)CC3)c(F)c2)C(=O)O1. The zero-order chi connectivity index (χ0) is 24.5. The first kappa shape index (κ1) is 23.0. The molecule has 1 atom stereocenters. The van der Waals surface area contributed by atoms with E-state index in [2.05, 4.69) is 22.9 Å². The van der Waals surface area contributed by atoms with E-state index in [9.17, 15) is 14.4 Å². The second-order valence-corrected chi connectivity index (χ2v) is 8.89. The lowest BCUT2D eigenvalue weighted by molar-refractivity contribution is 0.0741. The van der Waals surface area contributed by atoms with Gasteiger partial charge in [0, 0.05) is 37.1 Å². The summed E-state index contributed by atoms with van der Waals surface area (Å²) in [5.74, 6) is -0.536. The number of carbonyl (C=O) groups excluding carboxylic acids is 3. The van der Waals surface area contributed by atoms with Crippen molar-refractivity contribution in [2.75, 3.05) is 49.1 Å². The van der Waals surface area contributed by atoms with Gasteiger partial charge in [0.2, 0.25) is 0 Å². The summed E-state index contributed by atoms with van der Waals surface area (Å²) < 4.78 is 20.3. The zero-order valence-electron chi connectivity index (χ0n) is 18.7. The minimum atomic E-state index is -0.598. The number of aromatic nitrogens is 1. The van der Waals surface area contributed by atoms with E-state index in [4.69, 9.17) is 4.74 Å². The Bertz CT molecular complexity index is 1260. The van der Waals surface area contributed by atoms with Crippen LogP contribution < -0.4 is 15.1 Å². The molecule has 9 nitrogen and oxygen atoms in total. The molecule has 11 heteroatoms. The topological polar surface area (TPSA) is 98.0 Å². The van der Waals surface area contributed by atoms with Crippen molar-refractivity contribution in [3.8, 4) is 0 Å². The molecule has 182 valence electrons. The van der Waals surface area contributed by atoms with Crippen molar-refractivity contribution in [2.24, 2.45) is 0 Å². The van der Waals surface area contributed by atoms with E-state index in [1.165, 1.54) is 11.0 Å². The molecule has 2 aromatic carbocycles. The maximum atomic E-state index is 15.0. The molecule has 2 saturated heterocycles. The van der Waals surface area contributed by atoms with Crippen LogP contribution in [0.3, 0.4) is 0 Å². The van der Waals surface area contributed by atoms with Gasteiger partial charge < -0.3 is 24.8 Å². The van der Waals surface area contributed by atoms with E-state index >= 15 is 4.39 Å². The Kier molecular flexibility index (Phi) is 6.25. The highest BCUT2D eigenvalue weighted by molar-refractivity contribution is 7.96. The molecule has 5 rings (SSSR count). The molecular weight excluding hydrogens is 473 g/mol. The van der Waals surface area contributed by atoms with Gasteiger partial charge in [-0.1, -0.05) is 30.8 Å². The lowest BCUT2D eigenvalue weighted by atomic mass is 10.2. The Labute approximate surface area is 206 Å². The quantitative estimate of drug-likeness (QED) is 0.471. The van der Waals surface area contributed by atoms with E-state index < -0.39 is 23.3 Å². The number of piperazine rings is 1. The number of benzene rings is 2. The Hall–Kier alpha value is -3.73. The molecule has 3 heterocycles. The van der Waals surface area contributed by atoms with E-state index in [1.807, 2.05) is 35.2 Å². The highest BCUT2D eigenvalue weighted by Crippen LogP contribution is 2.29. The first-order chi connectivity index (χ1) is 16.9. The number of ether oxygens (including phenoxy) is 1. The number of carbonyl (C=O) groups is 3. The second kappa shape index (κ2) is 9.49. The summed E-state index contributed by atoms with van der Waals surface area (Å²) in [6.07, 6.45) is -1.14. The van der Waals surface area contributed by atoms with Crippen molar-refractivity contribution in [1.82, 2.24) is 15.2 Å². The zero-order valence-corrected chi connectivity index (χ0v) is 19.6. The number of rotatable bonds is 5. The molecule has 2 aliphatic heterocycles. The van der Waals surface area contributed by atoms with Crippen molar-refractivity contribution in [3.05, 3.63) is 60.0 Å². The number of aromatic amines is 1. The van der Waals surface area contributed by atoms with E-state index in [0.717, 1.165) is 10.9 Å². The summed E-state index contributed by atoms with van der Waals surface area (Å²) in [4.78, 5) is 44.2. The molecule has 2 N–H and O–H groups in total. The number of anilines is 2. The normalized spacial score (nSPS) is 18.2. The summed E-state index contributed by atoms with van der Waals surface area (Å²) >= 11 is 3.62. The van der Waals surface area contributed by atoms with Gasteiger partial charge in [0.15, 0.2) is 0 Å². The van der Waals surface area contributed by atoms with E-state index in [1.54, 1.807) is 17.0 Å². The number of hydrogen-bond donors (Lipinski definition) is 3. The number of thiol groups is 1. The molecule has 1 aromatic heterocycles. The van der Waals surface area contributed by atoms with Crippen LogP contribution in [0.25, 0.3) is 10.9 Å². The Balaban J connectivity index is 1.21. The van der Waals surface area contributed by atoms with Crippen LogP contribution in [0.15, 0.2) is 48.5 Å². The third kappa shape index (κ3) is 4.76. The van der Waals surface area contributed by atoms with Gasteiger partial charge in [-0.05, 0) is 30.3 Å². The predicted molar refractivity (Wildman–Crippen MR) is 133 cm³/mol. The first-order valence-corrected chi connectivity index (χ1v) is 11.7. The Morgan fingerprint density at radius 3 is 2.60 bits per heavy atom. The lowest BCUT2D eigenvalue weighted by Crippen LogP contribution is -2.49. The second-order valence-electron chi connectivity index (χ2n) is 8.49. The molecule has 3 amide bonds. The number of nitrogens with zero attached hydrogens (tertiary/aromatic N) is 3. The van der Waals surface area contributed by atoms with Gasteiger partial charge in [0.05, 0.1) is 24.5 Å². The minimum absolute atomic E-state index is 0.0760. The van der Waals surface area contributed by atoms with Crippen molar-refractivity contribution in [2.45, 2.75) is 6.10 Å². The fourth-order valence-corrected chi connectivity index (χ4v) is 4.56. The molecule has 0 spiro atoms. The molecule has 0 bridgehead atoms. The number of amides is 3. The largest absolute Gasteiger partial charge is 0.442 e. The summed E-state index contributed by atoms with van der Waals surface area (Å²) in [5, 5.41) is 2.95. The van der Waals surface area contributed by atoms with Crippen molar-refractivity contribution in [3.63, 3.8) is 0 Å². The van der Waals surface area contributed by atoms with Gasteiger partial charge in [-0.25, -0.2) is 9.18 Å². The van der Waals surface area contributed by atoms with Gasteiger partial charge >= 0.3 is 6.09 Å². The van der Waals surface area contributed by atoms with Gasteiger partial charge in [-0.3, -0.25) is 14.5 Å². The van der Waals surface area contributed by atoms with Crippen molar-refractivity contribution in [1.29, 1.82) is 0 Å². The van der Waals surface area contributed by atoms with Crippen LogP contribution in [-0.2, 0) is 4.74 Å². The summed E-state index contributed by atoms with van der Waals surface area (Å²) in [5.41, 5.74) is 2.25. The lowest BCUT2D eigenvalue weighted by Gasteiger charge is -2.36. The van der Waals surface area contributed by atoms with Crippen LogP contribution >= 0.6 is 12.6 Å². The third-order valence-corrected chi connectivity index (χ3v) is 6.42. The fraction of sp³-hybridized carbons (Fsp3) is 0.292. The standard InChI is InChI=1S/C24H24FN5O4S/c25-18-12-16(30-14-17(34-24(30)33)13-26-23(32)35)5-6-21(18)28-7-9-29(10-8-28)22(31)20-11-15-3-1-2-4-19(15)27-20/h1-6,11-12,17,27H,7-10,13-14H2,(H2,26,32,35). The van der Waals surface area contributed by atoms with Crippen LogP contribution in [-0.4, -0.2) is 72.5 Å². The highest BCUT2D eigenvalue weighted by atomic mass is 32.1. The smallest absolute Gasteiger partial charge is 0.414 e. The number of para-hydroxylation sites is 1. The van der Waals surface area contributed by atoms with E-state index in [0.29, 0.717) is 43.2 Å². The van der Waals surface area contributed by atoms with Gasteiger partial charge in [-0.2, -0.15) is 0 Å². The van der Waals surface area contributed by atoms with Gasteiger partial charge in [0.1, 0.15) is 17.6 Å². The molecule has 1 unspecified atom stereocenters. The maximum absolute atomic E-state index is 15.0. The van der Waals surface area contributed by atoms with Crippen LogP contribution in [0, 0.1) is 5.82 Å². The highest BCUT2D eigenvalue weighted by Gasteiger charge is 2.33. The average Bonchev–Trinajstić information content (AvgIpc) is 3.46. The third-order valence-electron chi connectivity index (χ3n) is 6.27. The Morgan fingerprint density at radius 1 is 1.11 bits per heavy atom. The molecule has 3 aromatic rings. The number of halogens is 1. The monoisotopic (exact) mass is 497 g/mol. The molecule has 2 fully saturated rings. The number of H-pyrrole nitrogens is 1. The Morgan fingerprint density at radius 2 is 1.89 bits per heavy atom. The molecule has 2 aliphatic rings. The fourth-order valence-electron chi connectivity index (χ4n) is 4.47. The van der Waals surface area contributed by atoms with Gasteiger partial charge in [-0.15, -0.1) is 0 Å². The summed E-state index contributed by atoms with van der Waals surface area (Å²) in [6, 6.07) is 14.2. The molecular formula is C24H24FN5O4S. The predicted octanol–water partition coefficient (Wildman–Crippen LogP) is 3.23. The van der Waals surface area contributed by atoms with Crippen LogP contribution in [0.5, 0.6) is 0 Å². The van der Waals surface area contributed by atoms with Crippen molar-refractivity contribution < 1.29 is 23.5 Å². The minimum Gasteiger partial charge on any atom is -0.442 e. The molecule has 0 radical (unpaired) electrons. The summed E-state index contributed by atoms with van der Waals surface area (Å²) in [7, 11) is 0. The van der Waals surface area contributed by atoms with E-state index in [-0.39, 0.29) is 19.0 Å². The number of hydrogen-bond acceptors (Lipinski definition) is 5. The number of nitrogens with one attached hydrogen (secondary N) is 2. The average molecular weight is 498 g/mol. The molecule has 35 heavy (non-hydrogen) atoms. The number of cyclic esters (lactones) is 1. The van der Waals surface area contributed by atoms with Crippen molar-refractivity contribution >= 4 is 52.1 Å². The maximum Gasteiger partial charge on any atom is 0.414 e. The van der Waals surface area contributed by atoms with Crippen LogP contribution in [0.1, 0.15) is 10.5 Å². The van der Waals surface area contributed by atoms with Crippen LogP contribution in [0.2, 0.25) is 0 Å².